The van der Waals surface area contributed by atoms with Gasteiger partial charge in [0.25, 0.3) is 0 Å². The maximum Gasteiger partial charge on any atom is 0.135 e. The van der Waals surface area contributed by atoms with Gasteiger partial charge in [0.1, 0.15) is 17.3 Å². The van der Waals surface area contributed by atoms with Crippen LogP contribution in [-0.2, 0) is 19.5 Å². The zero-order chi connectivity index (χ0) is 17.5. The minimum Gasteiger partial charge on any atom is -0.460 e. The molecule has 0 spiro atoms. The maximum absolute atomic E-state index is 6.27. The Morgan fingerprint density at radius 2 is 2.04 bits per heavy atom. The van der Waals surface area contributed by atoms with E-state index in [9.17, 15) is 0 Å². The van der Waals surface area contributed by atoms with E-state index in [4.69, 9.17) is 21.0 Å². The van der Waals surface area contributed by atoms with Crippen LogP contribution in [-0.4, -0.2) is 21.4 Å². The van der Waals surface area contributed by atoms with Gasteiger partial charge in [-0.25, -0.2) is 9.97 Å². The summed E-state index contributed by atoms with van der Waals surface area (Å²) in [6.45, 7) is 2.66. The van der Waals surface area contributed by atoms with E-state index < -0.39 is 0 Å². The van der Waals surface area contributed by atoms with Gasteiger partial charge in [0, 0.05) is 48.4 Å². The fourth-order valence-electron chi connectivity index (χ4n) is 3.55. The molecule has 5 heteroatoms. The SMILES string of the molecule is Clc1ccccc1-c1ccc(CN2CCc3nc(C4CC4)ncc3C2)o1. The third-order valence-electron chi connectivity index (χ3n) is 5.15. The average molecular weight is 366 g/mol. The van der Waals surface area contributed by atoms with Crippen molar-refractivity contribution in [1.82, 2.24) is 14.9 Å². The van der Waals surface area contributed by atoms with Crippen LogP contribution in [0, 0.1) is 0 Å². The van der Waals surface area contributed by atoms with Crippen LogP contribution in [0.2, 0.25) is 5.02 Å². The first-order valence-electron chi connectivity index (χ1n) is 9.17. The zero-order valence-electron chi connectivity index (χ0n) is 14.5. The van der Waals surface area contributed by atoms with Crippen LogP contribution in [0.15, 0.2) is 47.0 Å². The highest BCUT2D eigenvalue weighted by molar-refractivity contribution is 6.33. The lowest BCUT2D eigenvalue weighted by molar-refractivity contribution is 0.224. The molecular formula is C21H20ClN3O. The summed E-state index contributed by atoms with van der Waals surface area (Å²) in [5.74, 6) is 3.44. The monoisotopic (exact) mass is 365 g/mol. The standard InChI is InChI=1S/C21H20ClN3O/c22-18-4-2-1-3-17(18)20-8-7-16(26-20)13-25-10-9-19-15(12-25)11-23-21(24-19)14-5-6-14/h1-4,7-8,11,14H,5-6,9-10,12-13H2. The van der Waals surface area contributed by atoms with Crippen LogP contribution in [0.3, 0.4) is 0 Å². The molecule has 26 heavy (non-hydrogen) atoms. The fraction of sp³-hybridized carbons (Fsp3) is 0.333. The molecule has 1 aromatic carbocycles. The second kappa shape index (κ2) is 6.53. The molecule has 0 saturated heterocycles. The Morgan fingerprint density at radius 3 is 2.88 bits per heavy atom. The van der Waals surface area contributed by atoms with Crippen molar-refractivity contribution in [2.45, 2.75) is 38.3 Å². The minimum absolute atomic E-state index is 0.615. The largest absolute Gasteiger partial charge is 0.460 e. The maximum atomic E-state index is 6.27. The Labute approximate surface area is 157 Å². The molecule has 1 saturated carbocycles. The first-order valence-corrected chi connectivity index (χ1v) is 9.55. The van der Waals surface area contributed by atoms with Gasteiger partial charge in [-0.1, -0.05) is 23.7 Å². The Bertz CT molecular complexity index is 948. The Kier molecular flexibility index (Phi) is 4.03. The van der Waals surface area contributed by atoms with E-state index in [0.717, 1.165) is 49.0 Å². The summed E-state index contributed by atoms with van der Waals surface area (Å²) in [6, 6.07) is 11.8. The molecule has 5 rings (SSSR count). The molecular weight excluding hydrogens is 346 g/mol. The van der Waals surface area contributed by atoms with Crippen LogP contribution in [0.5, 0.6) is 0 Å². The van der Waals surface area contributed by atoms with Crippen LogP contribution in [0.4, 0.5) is 0 Å². The first-order chi connectivity index (χ1) is 12.8. The molecule has 4 nitrogen and oxygen atoms in total. The summed E-state index contributed by atoms with van der Waals surface area (Å²) in [4.78, 5) is 11.8. The summed E-state index contributed by atoms with van der Waals surface area (Å²) in [5, 5.41) is 0.712. The van der Waals surface area contributed by atoms with Crippen molar-refractivity contribution >= 4 is 11.6 Å². The highest BCUT2D eigenvalue weighted by Gasteiger charge is 2.28. The molecule has 0 radical (unpaired) electrons. The lowest BCUT2D eigenvalue weighted by Gasteiger charge is -2.27. The summed E-state index contributed by atoms with van der Waals surface area (Å²) < 4.78 is 6.04. The van der Waals surface area contributed by atoms with Crippen molar-refractivity contribution in [1.29, 1.82) is 0 Å². The molecule has 0 bridgehead atoms. The molecule has 1 fully saturated rings. The molecule has 3 aromatic rings. The predicted octanol–water partition coefficient (Wildman–Crippen LogP) is 4.83. The van der Waals surface area contributed by atoms with Gasteiger partial charge in [0.15, 0.2) is 0 Å². The highest BCUT2D eigenvalue weighted by Crippen LogP contribution is 2.38. The molecule has 2 aromatic heterocycles. The number of halogens is 1. The molecule has 3 heterocycles. The van der Waals surface area contributed by atoms with E-state index in [1.165, 1.54) is 24.1 Å². The van der Waals surface area contributed by atoms with Crippen LogP contribution >= 0.6 is 11.6 Å². The van der Waals surface area contributed by atoms with Crippen LogP contribution < -0.4 is 0 Å². The van der Waals surface area contributed by atoms with Crippen molar-refractivity contribution in [3.8, 4) is 11.3 Å². The number of aromatic nitrogens is 2. The second-order valence-corrected chi connectivity index (χ2v) is 7.59. The number of hydrogen-bond donors (Lipinski definition) is 0. The topological polar surface area (TPSA) is 42.2 Å². The molecule has 1 aliphatic carbocycles. The van der Waals surface area contributed by atoms with Crippen molar-refractivity contribution < 1.29 is 4.42 Å². The third kappa shape index (κ3) is 3.15. The summed E-state index contributed by atoms with van der Waals surface area (Å²) in [7, 11) is 0. The molecule has 2 aliphatic rings. The Balaban J connectivity index is 1.30. The van der Waals surface area contributed by atoms with Crippen LogP contribution in [0.25, 0.3) is 11.3 Å². The number of fused-ring (bicyclic) bond motifs is 1. The zero-order valence-corrected chi connectivity index (χ0v) is 15.2. The summed E-state index contributed by atoms with van der Waals surface area (Å²) >= 11 is 6.27. The predicted molar refractivity (Wildman–Crippen MR) is 101 cm³/mol. The molecule has 0 atom stereocenters. The van der Waals surface area contributed by atoms with E-state index in [2.05, 4.69) is 9.88 Å². The molecule has 0 amide bonds. The van der Waals surface area contributed by atoms with E-state index in [1.807, 2.05) is 42.6 Å². The van der Waals surface area contributed by atoms with E-state index >= 15 is 0 Å². The Hall–Kier alpha value is -2.17. The van der Waals surface area contributed by atoms with Gasteiger partial charge in [-0.3, -0.25) is 4.90 Å². The minimum atomic E-state index is 0.615. The lowest BCUT2D eigenvalue weighted by atomic mass is 10.1. The number of benzene rings is 1. The van der Waals surface area contributed by atoms with Crippen molar-refractivity contribution in [3.05, 3.63) is 70.5 Å². The van der Waals surface area contributed by atoms with Gasteiger partial charge in [-0.05, 0) is 37.1 Å². The lowest BCUT2D eigenvalue weighted by Crippen LogP contribution is -2.31. The molecule has 1 aliphatic heterocycles. The van der Waals surface area contributed by atoms with Gasteiger partial charge in [-0.2, -0.15) is 0 Å². The van der Waals surface area contributed by atoms with Crippen LogP contribution in [0.1, 0.15) is 41.6 Å². The number of nitrogens with zero attached hydrogens (tertiary/aromatic N) is 3. The Morgan fingerprint density at radius 1 is 1.15 bits per heavy atom. The number of rotatable bonds is 4. The normalized spacial score (nSPS) is 17.3. The third-order valence-corrected chi connectivity index (χ3v) is 5.48. The van der Waals surface area contributed by atoms with Crippen molar-refractivity contribution in [2.24, 2.45) is 0 Å². The van der Waals surface area contributed by atoms with Crippen molar-refractivity contribution in [3.63, 3.8) is 0 Å². The van der Waals surface area contributed by atoms with E-state index in [-0.39, 0.29) is 0 Å². The number of furan rings is 1. The average Bonchev–Trinajstić information content (AvgIpc) is 3.41. The van der Waals surface area contributed by atoms with Gasteiger partial charge < -0.3 is 4.42 Å². The van der Waals surface area contributed by atoms with E-state index in [1.54, 1.807) is 0 Å². The van der Waals surface area contributed by atoms with Gasteiger partial charge in [0.2, 0.25) is 0 Å². The van der Waals surface area contributed by atoms with Gasteiger partial charge in [0.05, 0.1) is 11.6 Å². The quantitative estimate of drug-likeness (QED) is 0.664. The fourth-order valence-corrected chi connectivity index (χ4v) is 3.78. The molecule has 0 N–H and O–H groups in total. The van der Waals surface area contributed by atoms with Gasteiger partial charge >= 0.3 is 0 Å². The summed E-state index contributed by atoms with van der Waals surface area (Å²) in [5.41, 5.74) is 3.42. The molecule has 132 valence electrons. The summed E-state index contributed by atoms with van der Waals surface area (Å²) in [6.07, 6.45) is 5.50. The van der Waals surface area contributed by atoms with Crippen molar-refractivity contribution in [2.75, 3.05) is 6.54 Å². The van der Waals surface area contributed by atoms with E-state index in [0.29, 0.717) is 10.9 Å². The molecule has 0 unspecified atom stereocenters. The first kappa shape index (κ1) is 16.0. The second-order valence-electron chi connectivity index (χ2n) is 7.18. The highest BCUT2D eigenvalue weighted by atomic mass is 35.5. The smallest absolute Gasteiger partial charge is 0.135 e. The number of hydrogen-bond acceptors (Lipinski definition) is 4. The van der Waals surface area contributed by atoms with Gasteiger partial charge in [-0.15, -0.1) is 0 Å².